The molecule has 6 nitrogen and oxygen atoms in total. The summed E-state index contributed by atoms with van der Waals surface area (Å²) >= 11 is 0. The number of piperidine rings is 1. The van der Waals surface area contributed by atoms with E-state index in [2.05, 4.69) is 111 Å². The molecule has 6 heteroatoms. The second kappa shape index (κ2) is 10.6. The number of aliphatic hydroxyl groups is 1. The van der Waals surface area contributed by atoms with Gasteiger partial charge in [0.15, 0.2) is 5.82 Å². The average Bonchev–Trinajstić information content (AvgIpc) is 3.33. The molecule has 1 N–H and O–H groups in total. The van der Waals surface area contributed by atoms with E-state index in [0.29, 0.717) is 0 Å². The van der Waals surface area contributed by atoms with E-state index in [-0.39, 0.29) is 5.92 Å². The zero-order valence-corrected chi connectivity index (χ0v) is 23.3. The van der Waals surface area contributed by atoms with Crippen LogP contribution in [0.5, 0.6) is 0 Å². The summed E-state index contributed by atoms with van der Waals surface area (Å²) in [6, 6.07) is 25.4. The van der Waals surface area contributed by atoms with Gasteiger partial charge in [-0.05, 0) is 88.8 Å². The van der Waals surface area contributed by atoms with Gasteiger partial charge in [-0.2, -0.15) is 0 Å². The Bertz CT molecular complexity index is 1410. The van der Waals surface area contributed by atoms with Crippen LogP contribution in [-0.2, 0) is 12.1 Å². The lowest BCUT2D eigenvalue weighted by Crippen LogP contribution is -2.45. The van der Waals surface area contributed by atoms with E-state index in [4.69, 9.17) is 0 Å². The van der Waals surface area contributed by atoms with Crippen molar-refractivity contribution in [1.82, 2.24) is 19.7 Å². The lowest BCUT2D eigenvalue weighted by atomic mass is 9.71. The third-order valence-electron chi connectivity index (χ3n) is 8.68. The smallest absolute Gasteiger partial charge is 0.157 e. The predicted molar refractivity (Wildman–Crippen MR) is 156 cm³/mol. The van der Waals surface area contributed by atoms with E-state index in [9.17, 15) is 5.11 Å². The first-order valence-electron chi connectivity index (χ1n) is 14.3. The van der Waals surface area contributed by atoms with Gasteiger partial charge < -0.3 is 14.9 Å². The summed E-state index contributed by atoms with van der Waals surface area (Å²) in [4.78, 5) is 5.02. The fraction of sp³-hybridized carbons (Fsp3) is 0.394. The monoisotopic (exact) mass is 521 g/mol. The third-order valence-corrected chi connectivity index (χ3v) is 8.68. The third kappa shape index (κ3) is 4.88. The molecule has 39 heavy (non-hydrogen) atoms. The Labute approximate surface area is 231 Å². The number of benzene rings is 3. The quantitative estimate of drug-likeness (QED) is 0.346. The van der Waals surface area contributed by atoms with E-state index in [0.717, 1.165) is 74.8 Å². The van der Waals surface area contributed by atoms with Gasteiger partial charge in [-0.3, -0.25) is 4.57 Å². The van der Waals surface area contributed by atoms with Crippen molar-refractivity contribution in [3.8, 4) is 5.69 Å². The highest BCUT2D eigenvalue weighted by Crippen LogP contribution is 2.42. The normalized spacial score (nSPS) is 16.3. The average molecular weight is 522 g/mol. The molecule has 0 aliphatic carbocycles. The van der Waals surface area contributed by atoms with Gasteiger partial charge in [0.2, 0.25) is 0 Å². The molecule has 0 unspecified atom stereocenters. The van der Waals surface area contributed by atoms with Crippen LogP contribution in [-0.4, -0.2) is 50.9 Å². The Kier molecular flexibility index (Phi) is 7.00. The molecule has 0 atom stereocenters. The first-order chi connectivity index (χ1) is 18.9. The molecule has 0 saturated carbocycles. The Balaban J connectivity index is 1.11. The number of fused-ring (bicyclic) bond motifs is 3. The number of rotatable bonds is 7. The van der Waals surface area contributed by atoms with Crippen molar-refractivity contribution in [3.63, 3.8) is 0 Å². The number of hydrogen-bond acceptors (Lipinski definition) is 5. The van der Waals surface area contributed by atoms with Crippen molar-refractivity contribution in [2.24, 2.45) is 5.92 Å². The number of nitrogens with zero attached hydrogens (tertiary/aromatic N) is 5. The van der Waals surface area contributed by atoms with Crippen LogP contribution in [0.15, 0.2) is 72.8 Å². The van der Waals surface area contributed by atoms with E-state index in [1.165, 1.54) is 22.5 Å². The summed E-state index contributed by atoms with van der Waals surface area (Å²) in [7, 11) is 0. The van der Waals surface area contributed by atoms with Crippen molar-refractivity contribution in [2.45, 2.75) is 52.2 Å². The highest BCUT2D eigenvalue weighted by molar-refractivity contribution is 5.65. The molecule has 202 valence electrons. The highest BCUT2D eigenvalue weighted by Gasteiger charge is 2.41. The molecule has 2 aliphatic heterocycles. The minimum atomic E-state index is -0.976. The topological polar surface area (TPSA) is 57.4 Å². The number of anilines is 1. The second-order valence-electron chi connectivity index (χ2n) is 11.4. The zero-order valence-electron chi connectivity index (χ0n) is 23.3. The minimum Gasteiger partial charge on any atom is -0.380 e. The van der Waals surface area contributed by atoms with Crippen LogP contribution < -0.4 is 4.90 Å². The largest absolute Gasteiger partial charge is 0.380 e. The molecule has 0 amide bonds. The Hall–Kier alpha value is -3.48. The van der Waals surface area contributed by atoms with Crippen molar-refractivity contribution in [3.05, 3.63) is 107 Å². The van der Waals surface area contributed by atoms with Crippen LogP contribution in [0.25, 0.3) is 5.69 Å². The van der Waals surface area contributed by atoms with Crippen LogP contribution in [0.2, 0.25) is 0 Å². The highest BCUT2D eigenvalue weighted by atomic mass is 16.3. The number of hydrogen-bond donors (Lipinski definition) is 1. The molecule has 0 spiro atoms. The van der Waals surface area contributed by atoms with Gasteiger partial charge in [-0.1, -0.05) is 71.8 Å². The van der Waals surface area contributed by atoms with Gasteiger partial charge in [-0.25, -0.2) is 0 Å². The van der Waals surface area contributed by atoms with Crippen LogP contribution in [0, 0.1) is 26.7 Å². The van der Waals surface area contributed by atoms with Crippen LogP contribution >= 0.6 is 0 Å². The molecule has 0 radical (unpaired) electrons. The molecular weight excluding hydrogens is 482 g/mol. The maximum absolute atomic E-state index is 12.4. The van der Waals surface area contributed by atoms with Gasteiger partial charge in [0, 0.05) is 6.54 Å². The molecule has 4 aromatic rings. The number of aromatic nitrogens is 3. The van der Waals surface area contributed by atoms with Gasteiger partial charge >= 0.3 is 0 Å². The van der Waals surface area contributed by atoms with E-state index < -0.39 is 5.60 Å². The fourth-order valence-electron chi connectivity index (χ4n) is 6.66. The van der Waals surface area contributed by atoms with Crippen molar-refractivity contribution >= 4 is 5.69 Å². The molecule has 3 heterocycles. The van der Waals surface area contributed by atoms with E-state index in [1.807, 2.05) is 6.92 Å². The van der Waals surface area contributed by atoms with Crippen molar-refractivity contribution < 1.29 is 5.11 Å². The maximum atomic E-state index is 12.4. The number of likely N-dealkylation sites (tertiary alicyclic amines) is 1. The van der Waals surface area contributed by atoms with Crippen LogP contribution in [0.1, 0.15) is 53.2 Å². The minimum absolute atomic E-state index is 0.181. The SMILES string of the molecule is Cc1cccc(C(O)(c2cccc(C)c2)C2CCN(CCCN3Cc4nnc(C)n4-c4ccccc43)CC2)c1. The number of aryl methyl sites for hydroxylation is 3. The summed E-state index contributed by atoms with van der Waals surface area (Å²) in [5.74, 6) is 2.13. The summed E-state index contributed by atoms with van der Waals surface area (Å²) in [6.45, 7) is 11.1. The lowest BCUT2D eigenvalue weighted by molar-refractivity contribution is -0.0142. The first-order valence-corrected chi connectivity index (χ1v) is 14.3. The predicted octanol–water partition coefficient (Wildman–Crippen LogP) is 5.55. The molecule has 1 saturated heterocycles. The van der Waals surface area contributed by atoms with Crippen LogP contribution in [0.4, 0.5) is 5.69 Å². The van der Waals surface area contributed by atoms with Crippen molar-refractivity contribution in [1.29, 1.82) is 0 Å². The Morgan fingerprint density at radius 3 is 2.08 bits per heavy atom. The van der Waals surface area contributed by atoms with Gasteiger partial charge in [0.25, 0.3) is 0 Å². The molecule has 2 aliphatic rings. The lowest BCUT2D eigenvalue weighted by Gasteiger charge is -2.42. The summed E-state index contributed by atoms with van der Waals surface area (Å²) in [5.41, 5.74) is 5.85. The second-order valence-corrected chi connectivity index (χ2v) is 11.4. The van der Waals surface area contributed by atoms with Gasteiger partial charge in [-0.15, -0.1) is 10.2 Å². The molecule has 0 bridgehead atoms. The molecule has 1 fully saturated rings. The van der Waals surface area contributed by atoms with Crippen LogP contribution in [0.3, 0.4) is 0 Å². The molecule has 3 aromatic carbocycles. The maximum Gasteiger partial charge on any atom is 0.157 e. The summed E-state index contributed by atoms with van der Waals surface area (Å²) < 4.78 is 2.18. The van der Waals surface area contributed by atoms with Gasteiger partial charge in [0.05, 0.1) is 17.9 Å². The molecular formula is C33H39N5O. The Morgan fingerprint density at radius 1 is 0.795 bits per heavy atom. The van der Waals surface area contributed by atoms with E-state index >= 15 is 0 Å². The fourth-order valence-corrected chi connectivity index (χ4v) is 6.66. The van der Waals surface area contributed by atoms with Crippen molar-refractivity contribution in [2.75, 3.05) is 31.1 Å². The first kappa shape index (κ1) is 25.8. The number of para-hydroxylation sites is 2. The molecule has 6 rings (SSSR count). The Morgan fingerprint density at radius 2 is 1.44 bits per heavy atom. The summed E-state index contributed by atoms with van der Waals surface area (Å²) in [5, 5.41) is 21.2. The zero-order chi connectivity index (χ0) is 27.0. The molecule has 1 aromatic heterocycles. The van der Waals surface area contributed by atoms with Gasteiger partial charge in [0.1, 0.15) is 11.4 Å². The standard InChI is InChI=1S/C33H39N5O/c1-24-9-6-11-28(21-24)33(39,29-12-7-10-25(2)22-29)27-15-19-36(20-16-27)17-8-18-37-23-32-35-34-26(3)38(32)31-14-5-4-13-30(31)37/h4-7,9-14,21-22,27,39H,8,15-20,23H2,1-3H3. The summed E-state index contributed by atoms with van der Waals surface area (Å²) in [6.07, 6.45) is 3.05. The van der Waals surface area contributed by atoms with E-state index in [1.54, 1.807) is 0 Å².